The van der Waals surface area contributed by atoms with Gasteiger partial charge in [0.25, 0.3) is 0 Å². The van der Waals surface area contributed by atoms with Gasteiger partial charge in [-0.2, -0.15) is 0 Å². The zero-order chi connectivity index (χ0) is 24.0. The Morgan fingerprint density at radius 2 is 1.45 bits per heavy atom. The van der Waals surface area contributed by atoms with Crippen LogP contribution in [0.5, 0.6) is 5.75 Å². The van der Waals surface area contributed by atoms with Crippen molar-refractivity contribution in [1.29, 1.82) is 0 Å². The molecule has 0 saturated heterocycles. The van der Waals surface area contributed by atoms with Crippen molar-refractivity contribution in [3.05, 3.63) is 88.4 Å². The third-order valence-corrected chi connectivity index (χ3v) is 5.52. The van der Waals surface area contributed by atoms with Crippen LogP contribution in [0.2, 0.25) is 5.02 Å². The number of anilines is 1. The van der Waals surface area contributed by atoms with E-state index >= 15 is 0 Å². The summed E-state index contributed by atoms with van der Waals surface area (Å²) in [6, 6.07) is 20.3. The fraction of sp³-hybridized carbons (Fsp3) is 0.259. The van der Waals surface area contributed by atoms with Gasteiger partial charge in [-0.1, -0.05) is 57.5 Å². The second kappa shape index (κ2) is 11.0. The molecule has 0 bridgehead atoms. The number of aliphatic imine (C=N–C) groups is 1. The molecular weight excluding hydrogens is 434 g/mol. The molecule has 3 aromatic carbocycles. The second-order valence-corrected chi connectivity index (χ2v) is 8.81. The first-order valence-electron chi connectivity index (χ1n) is 11.0. The van der Waals surface area contributed by atoms with Crippen LogP contribution in [0.25, 0.3) is 0 Å². The number of benzene rings is 3. The number of nitrogens with zero attached hydrogens (tertiary/aromatic N) is 1. The maximum absolute atomic E-state index is 12.9. The van der Waals surface area contributed by atoms with Gasteiger partial charge in [0.05, 0.1) is 12.8 Å². The number of hydrogen-bond donors (Lipinski definition) is 2. The highest BCUT2D eigenvalue weighted by Gasteiger charge is 2.16. The summed E-state index contributed by atoms with van der Waals surface area (Å²) < 4.78 is 5.29. The molecule has 0 atom stereocenters. The average molecular weight is 464 g/mol. The van der Waals surface area contributed by atoms with E-state index in [1.165, 1.54) is 0 Å². The number of urea groups is 1. The smallest absolute Gasteiger partial charge is 0.324 e. The quantitative estimate of drug-likeness (QED) is 0.293. The number of para-hydroxylation sites is 1. The Bertz CT molecular complexity index is 1090. The average Bonchev–Trinajstić information content (AvgIpc) is 2.80. The van der Waals surface area contributed by atoms with Gasteiger partial charge < -0.3 is 10.1 Å². The third kappa shape index (κ3) is 6.36. The SMILES string of the molecule is COc1ccc(C(=Nc2c(C(C)C)cccc2C(C)C)NC(=O)Nc2ccc(Cl)cc2)cc1. The largest absolute Gasteiger partial charge is 0.497 e. The number of carbonyl (C=O) groups excluding carboxylic acids is 1. The molecule has 2 N–H and O–H groups in total. The van der Waals surface area contributed by atoms with Crippen molar-refractivity contribution in [2.24, 2.45) is 4.99 Å². The predicted octanol–water partition coefficient (Wildman–Crippen LogP) is 7.50. The van der Waals surface area contributed by atoms with E-state index in [-0.39, 0.29) is 17.9 Å². The Hall–Kier alpha value is -3.31. The molecule has 172 valence electrons. The first kappa shape index (κ1) is 24.3. The van der Waals surface area contributed by atoms with Gasteiger partial charge >= 0.3 is 6.03 Å². The van der Waals surface area contributed by atoms with Crippen molar-refractivity contribution in [1.82, 2.24) is 5.32 Å². The van der Waals surface area contributed by atoms with Gasteiger partial charge in [0.15, 0.2) is 0 Å². The number of halogens is 1. The maximum Gasteiger partial charge on any atom is 0.324 e. The van der Waals surface area contributed by atoms with E-state index in [4.69, 9.17) is 21.3 Å². The first-order valence-corrected chi connectivity index (χ1v) is 11.4. The molecule has 0 saturated carbocycles. The number of amides is 2. The molecule has 0 aromatic heterocycles. The fourth-order valence-electron chi connectivity index (χ4n) is 3.47. The number of amidine groups is 1. The Morgan fingerprint density at radius 1 is 0.879 bits per heavy atom. The minimum atomic E-state index is -0.389. The molecule has 0 aliphatic rings. The summed E-state index contributed by atoms with van der Waals surface area (Å²) in [7, 11) is 1.62. The van der Waals surface area contributed by atoms with E-state index in [0.29, 0.717) is 16.5 Å². The lowest BCUT2D eigenvalue weighted by atomic mass is 9.93. The zero-order valence-corrected chi connectivity index (χ0v) is 20.4. The number of carbonyl (C=O) groups is 1. The van der Waals surface area contributed by atoms with Crippen LogP contribution in [0.1, 0.15) is 56.2 Å². The van der Waals surface area contributed by atoms with Crippen molar-refractivity contribution in [3.63, 3.8) is 0 Å². The number of methoxy groups -OCH3 is 1. The lowest BCUT2D eigenvalue weighted by molar-refractivity contribution is 0.256. The summed E-state index contributed by atoms with van der Waals surface area (Å²) >= 11 is 5.95. The highest BCUT2D eigenvalue weighted by molar-refractivity contribution is 6.30. The van der Waals surface area contributed by atoms with Crippen LogP contribution in [0.15, 0.2) is 71.7 Å². The molecule has 0 spiro atoms. The molecule has 0 heterocycles. The second-order valence-electron chi connectivity index (χ2n) is 8.37. The van der Waals surface area contributed by atoms with Crippen LogP contribution in [-0.4, -0.2) is 19.0 Å². The van der Waals surface area contributed by atoms with Crippen molar-refractivity contribution < 1.29 is 9.53 Å². The summed E-state index contributed by atoms with van der Waals surface area (Å²) in [5.41, 5.74) is 4.56. The standard InChI is InChI=1S/C27H30ClN3O2/c1-17(2)23-7-6-8-24(18(3)4)25(23)30-26(19-9-15-22(33-5)16-10-19)31-27(32)29-21-13-11-20(28)12-14-21/h6-18H,1-5H3,(H2,29,30,31,32). The molecule has 0 radical (unpaired) electrons. The van der Waals surface area contributed by atoms with Crippen molar-refractivity contribution in [2.45, 2.75) is 39.5 Å². The molecule has 3 rings (SSSR count). The Labute approximate surface area is 200 Å². The molecule has 2 amide bonds. The lowest BCUT2D eigenvalue weighted by Crippen LogP contribution is -2.35. The Kier molecular flexibility index (Phi) is 8.12. The molecule has 0 aliphatic heterocycles. The van der Waals surface area contributed by atoms with Gasteiger partial charge in [0, 0.05) is 16.3 Å². The van der Waals surface area contributed by atoms with E-state index in [2.05, 4.69) is 56.5 Å². The molecule has 0 aliphatic carbocycles. The van der Waals surface area contributed by atoms with E-state index in [1.54, 1.807) is 31.4 Å². The van der Waals surface area contributed by atoms with Crippen LogP contribution in [-0.2, 0) is 0 Å². The molecule has 0 unspecified atom stereocenters. The van der Waals surface area contributed by atoms with Gasteiger partial charge in [-0.3, -0.25) is 5.32 Å². The molecule has 3 aromatic rings. The summed E-state index contributed by atoms with van der Waals surface area (Å²) in [4.78, 5) is 17.9. The number of rotatable bonds is 6. The number of nitrogens with one attached hydrogen (secondary N) is 2. The van der Waals surface area contributed by atoms with Crippen LogP contribution in [0.3, 0.4) is 0 Å². The lowest BCUT2D eigenvalue weighted by Gasteiger charge is -2.18. The van der Waals surface area contributed by atoms with Crippen LogP contribution in [0, 0.1) is 0 Å². The van der Waals surface area contributed by atoms with Gasteiger partial charge in [-0.05, 0) is 71.5 Å². The predicted molar refractivity (Wildman–Crippen MR) is 137 cm³/mol. The fourth-order valence-corrected chi connectivity index (χ4v) is 3.60. The molecular formula is C27H30ClN3O2. The normalized spacial score (nSPS) is 11.6. The van der Waals surface area contributed by atoms with E-state index in [1.807, 2.05) is 24.3 Å². The minimum Gasteiger partial charge on any atom is -0.497 e. The summed E-state index contributed by atoms with van der Waals surface area (Å²) in [5, 5.41) is 6.38. The van der Waals surface area contributed by atoms with E-state index in [0.717, 1.165) is 28.1 Å². The van der Waals surface area contributed by atoms with Crippen LogP contribution in [0.4, 0.5) is 16.2 Å². The van der Waals surface area contributed by atoms with Crippen LogP contribution < -0.4 is 15.4 Å². The Morgan fingerprint density at radius 3 is 1.97 bits per heavy atom. The van der Waals surface area contributed by atoms with Crippen molar-refractivity contribution >= 4 is 34.8 Å². The molecule has 6 heteroatoms. The molecule has 5 nitrogen and oxygen atoms in total. The summed E-state index contributed by atoms with van der Waals surface area (Å²) in [6.45, 7) is 8.58. The van der Waals surface area contributed by atoms with Crippen molar-refractivity contribution in [3.8, 4) is 5.75 Å². The number of ether oxygens (including phenoxy) is 1. The minimum absolute atomic E-state index is 0.280. The molecule has 33 heavy (non-hydrogen) atoms. The first-order chi connectivity index (χ1) is 15.8. The van der Waals surface area contributed by atoms with Crippen molar-refractivity contribution in [2.75, 3.05) is 12.4 Å². The van der Waals surface area contributed by atoms with Gasteiger partial charge in [0.1, 0.15) is 11.6 Å². The van der Waals surface area contributed by atoms with Crippen LogP contribution >= 0.6 is 11.6 Å². The highest BCUT2D eigenvalue weighted by atomic mass is 35.5. The van der Waals surface area contributed by atoms with E-state index in [9.17, 15) is 4.79 Å². The third-order valence-electron chi connectivity index (χ3n) is 5.26. The topological polar surface area (TPSA) is 62.7 Å². The summed E-state index contributed by atoms with van der Waals surface area (Å²) in [5.74, 6) is 1.75. The zero-order valence-electron chi connectivity index (χ0n) is 19.6. The highest BCUT2D eigenvalue weighted by Crippen LogP contribution is 2.35. The van der Waals surface area contributed by atoms with Gasteiger partial charge in [0.2, 0.25) is 0 Å². The molecule has 0 fully saturated rings. The monoisotopic (exact) mass is 463 g/mol. The Balaban J connectivity index is 2.04. The van der Waals surface area contributed by atoms with Gasteiger partial charge in [-0.15, -0.1) is 0 Å². The van der Waals surface area contributed by atoms with Gasteiger partial charge in [-0.25, -0.2) is 9.79 Å². The number of hydrogen-bond acceptors (Lipinski definition) is 3. The maximum atomic E-state index is 12.9. The summed E-state index contributed by atoms with van der Waals surface area (Å²) in [6.07, 6.45) is 0. The van der Waals surface area contributed by atoms with E-state index < -0.39 is 0 Å².